The molecular formula is C5H14N4O5S. The van der Waals surface area contributed by atoms with Gasteiger partial charge in [0.05, 0.1) is 0 Å². The van der Waals surface area contributed by atoms with Gasteiger partial charge in [-0.1, -0.05) is 7.43 Å². The summed E-state index contributed by atoms with van der Waals surface area (Å²) in [5.74, 6) is 0. The Kier molecular flexibility index (Phi) is 6.39. The fourth-order valence-corrected chi connectivity index (χ4v) is 0.915. The standard InChI is InChI=1S/C4H10N4O5S.CH4/c1-6-3(9)8(14(5,11)12)13-4(10)7-2;/h1-2H3,(H,6,9)(H,7,10)(H2,5,11,12);1H4. The molecule has 0 aliphatic heterocycles. The van der Waals surface area contributed by atoms with Gasteiger partial charge in [-0.05, 0) is 4.47 Å². The first-order chi connectivity index (χ1) is 6.32. The van der Waals surface area contributed by atoms with E-state index in [-0.39, 0.29) is 11.9 Å². The van der Waals surface area contributed by atoms with Gasteiger partial charge in [0.15, 0.2) is 0 Å². The number of hydrogen-bond donors (Lipinski definition) is 3. The zero-order valence-electron chi connectivity index (χ0n) is 7.47. The second-order valence-electron chi connectivity index (χ2n) is 1.96. The van der Waals surface area contributed by atoms with Gasteiger partial charge in [0.2, 0.25) is 0 Å². The number of urea groups is 1. The minimum Gasteiger partial charge on any atom is -0.338 e. The number of nitrogens with two attached hydrogens (primary N) is 1. The molecule has 0 aromatic rings. The molecule has 0 aromatic carbocycles. The van der Waals surface area contributed by atoms with Crippen LogP contribution in [0, 0.1) is 0 Å². The SMILES string of the molecule is C.CNC(=O)ON(C(=O)NC)S(N)(=O)=O. The summed E-state index contributed by atoms with van der Waals surface area (Å²) in [6.45, 7) is 0. The van der Waals surface area contributed by atoms with E-state index in [4.69, 9.17) is 0 Å². The maximum absolute atomic E-state index is 10.9. The van der Waals surface area contributed by atoms with Crippen LogP contribution in [0.2, 0.25) is 0 Å². The lowest BCUT2D eigenvalue weighted by atomic mass is 11.0. The average molecular weight is 242 g/mol. The van der Waals surface area contributed by atoms with Crippen molar-refractivity contribution in [3.05, 3.63) is 0 Å². The molecule has 0 saturated heterocycles. The van der Waals surface area contributed by atoms with Gasteiger partial charge in [0.25, 0.3) is 0 Å². The molecule has 15 heavy (non-hydrogen) atoms. The molecular weight excluding hydrogens is 228 g/mol. The van der Waals surface area contributed by atoms with Gasteiger partial charge < -0.3 is 15.5 Å². The van der Waals surface area contributed by atoms with Crippen molar-refractivity contribution in [2.75, 3.05) is 14.1 Å². The van der Waals surface area contributed by atoms with Crippen LogP contribution in [0.25, 0.3) is 0 Å². The van der Waals surface area contributed by atoms with Crippen LogP contribution in [-0.4, -0.2) is 39.1 Å². The quantitative estimate of drug-likeness (QED) is 0.494. The Morgan fingerprint density at radius 2 is 1.73 bits per heavy atom. The zero-order valence-corrected chi connectivity index (χ0v) is 8.29. The first-order valence-electron chi connectivity index (χ1n) is 3.27. The highest BCUT2D eigenvalue weighted by atomic mass is 32.2. The number of hydroxylamine groups is 1. The van der Waals surface area contributed by atoms with E-state index < -0.39 is 22.3 Å². The largest absolute Gasteiger partial charge is 0.432 e. The summed E-state index contributed by atoms with van der Waals surface area (Å²) in [5.41, 5.74) is 0. The number of rotatable bonds is 1. The van der Waals surface area contributed by atoms with Crippen molar-refractivity contribution in [3.63, 3.8) is 0 Å². The number of nitrogens with zero attached hydrogens (tertiary/aromatic N) is 1. The van der Waals surface area contributed by atoms with Crippen LogP contribution in [0.1, 0.15) is 7.43 Å². The third-order valence-corrected chi connectivity index (χ3v) is 1.68. The van der Waals surface area contributed by atoms with Gasteiger partial charge in [-0.3, -0.25) is 0 Å². The molecule has 0 unspecified atom stereocenters. The van der Waals surface area contributed by atoms with Crippen molar-refractivity contribution < 1.29 is 22.8 Å². The molecule has 0 atom stereocenters. The first kappa shape index (κ1) is 15.9. The number of carbonyl (C=O) groups is 2. The van der Waals surface area contributed by atoms with E-state index in [1.54, 1.807) is 0 Å². The summed E-state index contributed by atoms with van der Waals surface area (Å²) >= 11 is 0. The Morgan fingerprint density at radius 1 is 1.27 bits per heavy atom. The summed E-state index contributed by atoms with van der Waals surface area (Å²) in [5, 5.41) is 8.46. The molecule has 3 amide bonds. The summed E-state index contributed by atoms with van der Waals surface area (Å²) < 4.78 is 21.2. The van der Waals surface area contributed by atoms with E-state index in [0.717, 1.165) is 7.05 Å². The third-order valence-electron chi connectivity index (χ3n) is 0.981. The number of nitrogens with one attached hydrogen (secondary N) is 2. The van der Waals surface area contributed by atoms with Gasteiger partial charge in [0.1, 0.15) is 0 Å². The molecule has 90 valence electrons. The highest BCUT2D eigenvalue weighted by Gasteiger charge is 2.27. The smallest absolute Gasteiger partial charge is 0.338 e. The monoisotopic (exact) mass is 242 g/mol. The minimum atomic E-state index is -4.44. The van der Waals surface area contributed by atoms with Gasteiger partial charge in [-0.15, -0.1) is 0 Å². The van der Waals surface area contributed by atoms with Crippen molar-refractivity contribution in [1.82, 2.24) is 15.1 Å². The van der Waals surface area contributed by atoms with E-state index in [0.29, 0.717) is 0 Å². The van der Waals surface area contributed by atoms with Gasteiger partial charge in [0, 0.05) is 14.1 Å². The van der Waals surface area contributed by atoms with Crippen LogP contribution in [-0.2, 0) is 15.0 Å². The van der Waals surface area contributed by atoms with Crippen LogP contribution < -0.4 is 15.8 Å². The van der Waals surface area contributed by atoms with Crippen LogP contribution in [0.5, 0.6) is 0 Å². The zero-order chi connectivity index (χ0) is 11.4. The normalized spacial score (nSPS) is 9.53. The molecule has 0 radical (unpaired) electrons. The number of carbonyl (C=O) groups excluding carboxylic acids is 2. The molecule has 0 rings (SSSR count). The predicted octanol–water partition coefficient (Wildman–Crippen LogP) is -1.26. The Balaban J connectivity index is 0. The van der Waals surface area contributed by atoms with E-state index in [1.807, 2.05) is 10.6 Å². The molecule has 0 heterocycles. The fraction of sp³-hybridized carbons (Fsp3) is 0.600. The lowest BCUT2D eigenvalue weighted by molar-refractivity contribution is 0.0118. The molecule has 9 nitrogen and oxygen atoms in total. The Morgan fingerprint density at radius 3 is 2.00 bits per heavy atom. The average Bonchev–Trinajstić information content (AvgIpc) is 2.10. The molecule has 0 aliphatic rings. The molecule has 0 fully saturated rings. The fourth-order valence-electron chi connectivity index (χ4n) is 0.421. The topological polar surface area (TPSA) is 131 Å². The molecule has 0 bridgehead atoms. The maximum atomic E-state index is 10.9. The van der Waals surface area contributed by atoms with E-state index in [2.05, 4.69) is 9.98 Å². The third kappa shape index (κ3) is 5.02. The van der Waals surface area contributed by atoms with Crippen molar-refractivity contribution in [2.45, 2.75) is 7.43 Å². The second kappa shape index (κ2) is 6.03. The minimum absolute atomic E-state index is 0. The van der Waals surface area contributed by atoms with Crippen LogP contribution in [0.4, 0.5) is 9.59 Å². The molecule has 10 heteroatoms. The van der Waals surface area contributed by atoms with Gasteiger partial charge >= 0.3 is 22.3 Å². The highest BCUT2D eigenvalue weighted by Crippen LogP contribution is 1.97. The summed E-state index contributed by atoms with van der Waals surface area (Å²) in [6, 6.07) is -1.18. The first-order valence-corrected chi connectivity index (χ1v) is 4.77. The molecule has 0 aliphatic carbocycles. The van der Waals surface area contributed by atoms with E-state index >= 15 is 0 Å². The lowest BCUT2D eigenvalue weighted by Gasteiger charge is -2.16. The van der Waals surface area contributed by atoms with Gasteiger partial charge in [-0.2, -0.15) is 8.42 Å². The molecule has 4 N–H and O–H groups in total. The lowest BCUT2D eigenvalue weighted by Crippen LogP contribution is -2.47. The van der Waals surface area contributed by atoms with Crippen LogP contribution in [0.3, 0.4) is 0 Å². The summed E-state index contributed by atoms with van der Waals surface area (Å²) in [4.78, 5) is 25.6. The van der Waals surface area contributed by atoms with Crippen molar-refractivity contribution in [3.8, 4) is 0 Å². The van der Waals surface area contributed by atoms with Crippen LogP contribution in [0.15, 0.2) is 0 Å². The Labute approximate surface area is 87.7 Å². The highest BCUT2D eigenvalue weighted by molar-refractivity contribution is 7.87. The predicted molar refractivity (Wildman–Crippen MR) is 51.7 cm³/mol. The molecule has 0 saturated carbocycles. The molecule has 0 aromatic heterocycles. The molecule has 0 spiro atoms. The van der Waals surface area contributed by atoms with E-state index in [9.17, 15) is 18.0 Å². The summed E-state index contributed by atoms with van der Waals surface area (Å²) in [7, 11) is -2.11. The Hall–Kier alpha value is -1.55. The maximum Gasteiger partial charge on any atom is 0.432 e. The van der Waals surface area contributed by atoms with Crippen molar-refractivity contribution >= 4 is 22.3 Å². The van der Waals surface area contributed by atoms with Crippen LogP contribution >= 0.6 is 0 Å². The van der Waals surface area contributed by atoms with Crippen molar-refractivity contribution in [2.24, 2.45) is 5.14 Å². The number of hydrogen-bond acceptors (Lipinski definition) is 5. The Bertz CT molecular complexity index is 326. The number of amides is 3. The second-order valence-corrected chi connectivity index (χ2v) is 3.32. The van der Waals surface area contributed by atoms with E-state index in [1.165, 1.54) is 7.05 Å². The van der Waals surface area contributed by atoms with Gasteiger partial charge in [-0.25, -0.2) is 14.7 Å². The summed E-state index contributed by atoms with van der Waals surface area (Å²) in [6.07, 6.45) is -1.14. The van der Waals surface area contributed by atoms with Crippen molar-refractivity contribution in [1.29, 1.82) is 0 Å².